The molecule has 0 aromatic heterocycles. The van der Waals surface area contributed by atoms with Crippen molar-refractivity contribution in [1.29, 1.82) is 0 Å². The van der Waals surface area contributed by atoms with Crippen LogP contribution in [-0.2, 0) is 10.2 Å². The molecule has 0 bridgehead atoms. The van der Waals surface area contributed by atoms with Gasteiger partial charge in [-0.2, -0.15) is 0 Å². The third-order valence-electron chi connectivity index (χ3n) is 5.29. The van der Waals surface area contributed by atoms with E-state index in [1.165, 1.54) is 5.56 Å². The van der Waals surface area contributed by atoms with Gasteiger partial charge in [0.15, 0.2) is 0 Å². The molecule has 1 aromatic carbocycles. The zero-order chi connectivity index (χ0) is 15.0. The first-order valence-electron chi connectivity index (χ1n) is 7.63. The second kappa shape index (κ2) is 5.14. The first kappa shape index (κ1) is 14.1. The van der Waals surface area contributed by atoms with Crippen molar-refractivity contribution >= 4 is 17.8 Å². The molecule has 3 heteroatoms. The predicted octanol–water partition coefficient (Wildman–Crippen LogP) is 3.82. The zero-order valence-electron chi connectivity index (χ0n) is 12.3. The van der Waals surface area contributed by atoms with E-state index in [2.05, 4.69) is 13.0 Å². The van der Waals surface area contributed by atoms with E-state index in [0.717, 1.165) is 24.8 Å². The van der Waals surface area contributed by atoms with Gasteiger partial charge >= 0.3 is 5.97 Å². The van der Waals surface area contributed by atoms with Crippen LogP contribution in [0.1, 0.15) is 60.5 Å². The molecule has 3 rings (SSSR count). The smallest absolute Gasteiger partial charge is 0.335 e. The van der Waals surface area contributed by atoms with E-state index in [-0.39, 0.29) is 5.41 Å². The third-order valence-corrected chi connectivity index (χ3v) is 5.29. The maximum Gasteiger partial charge on any atom is 0.335 e. The Morgan fingerprint density at radius 2 is 2.24 bits per heavy atom. The summed E-state index contributed by atoms with van der Waals surface area (Å²) in [6, 6.07) is 5.44. The van der Waals surface area contributed by atoms with E-state index in [1.54, 1.807) is 12.1 Å². The molecule has 1 fully saturated rings. The summed E-state index contributed by atoms with van der Waals surface area (Å²) in [6.45, 7) is 2.18. The average Bonchev–Trinajstić information content (AvgIpc) is 2.63. The number of Topliss-reactive ketones (excluding diaryl/α,β-unsaturated/α-hetero) is 1. The fourth-order valence-corrected chi connectivity index (χ4v) is 4.10. The number of rotatable bonds is 2. The highest BCUT2D eigenvalue weighted by Gasteiger charge is 2.44. The molecule has 0 amide bonds. The van der Waals surface area contributed by atoms with Crippen LogP contribution in [0.2, 0.25) is 0 Å². The maximum atomic E-state index is 11.8. The van der Waals surface area contributed by atoms with E-state index in [1.807, 2.05) is 12.1 Å². The van der Waals surface area contributed by atoms with Gasteiger partial charge in [-0.05, 0) is 53.9 Å². The lowest BCUT2D eigenvalue weighted by Crippen LogP contribution is -2.40. The molecule has 21 heavy (non-hydrogen) atoms. The van der Waals surface area contributed by atoms with Gasteiger partial charge < -0.3 is 5.11 Å². The number of carbonyl (C=O) groups excluding carboxylic acids is 1. The fourth-order valence-electron chi connectivity index (χ4n) is 4.10. The van der Waals surface area contributed by atoms with Gasteiger partial charge in [0.05, 0.1) is 5.56 Å². The molecule has 1 N–H and O–H groups in total. The predicted molar refractivity (Wildman–Crippen MR) is 81.4 cm³/mol. The van der Waals surface area contributed by atoms with Crippen molar-refractivity contribution in [2.45, 2.75) is 44.4 Å². The van der Waals surface area contributed by atoms with Gasteiger partial charge in [-0.25, -0.2) is 4.79 Å². The first-order valence-corrected chi connectivity index (χ1v) is 7.63. The zero-order valence-corrected chi connectivity index (χ0v) is 12.3. The van der Waals surface area contributed by atoms with Crippen LogP contribution >= 0.6 is 0 Å². The molecule has 1 aromatic rings. The summed E-state index contributed by atoms with van der Waals surface area (Å²) in [4.78, 5) is 23.0. The molecule has 2 aliphatic rings. The van der Waals surface area contributed by atoms with E-state index in [9.17, 15) is 14.7 Å². The van der Waals surface area contributed by atoms with Crippen molar-refractivity contribution in [3.8, 4) is 0 Å². The number of aromatic carboxylic acids is 1. The fraction of sp³-hybridized carbons (Fsp3) is 0.444. The Bertz CT molecular complexity index is 629. The summed E-state index contributed by atoms with van der Waals surface area (Å²) in [5.74, 6) is -0.184. The highest BCUT2D eigenvalue weighted by molar-refractivity contribution is 5.89. The maximum absolute atomic E-state index is 11.8. The van der Waals surface area contributed by atoms with Gasteiger partial charge in [-0.3, -0.25) is 4.79 Å². The highest BCUT2D eigenvalue weighted by atomic mass is 16.4. The molecule has 110 valence electrons. The molecule has 0 aliphatic heterocycles. The van der Waals surface area contributed by atoms with Crippen molar-refractivity contribution in [3.05, 3.63) is 41.0 Å². The number of carboxylic acid groups (broad SMARTS) is 1. The summed E-state index contributed by atoms with van der Waals surface area (Å²) in [7, 11) is 0. The van der Waals surface area contributed by atoms with Gasteiger partial charge in [0, 0.05) is 12.8 Å². The SMILES string of the molecule is CC[C@]12CCC(=O)C[C@H]1CC=Cc1cc(C(=O)O)ccc12. The number of benzene rings is 1. The van der Waals surface area contributed by atoms with Crippen molar-refractivity contribution in [2.24, 2.45) is 5.92 Å². The Morgan fingerprint density at radius 3 is 2.95 bits per heavy atom. The number of allylic oxidation sites excluding steroid dienone is 1. The van der Waals surface area contributed by atoms with Crippen molar-refractivity contribution in [3.63, 3.8) is 0 Å². The van der Waals surface area contributed by atoms with Crippen LogP contribution in [0.25, 0.3) is 6.08 Å². The van der Waals surface area contributed by atoms with Gasteiger partial charge in [-0.1, -0.05) is 25.1 Å². The molecule has 2 atom stereocenters. The molecule has 2 aliphatic carbocycles. The first-order chi connectivity index (χ1) is 10.1. The van der Waals surface area contributed by atoms with Crippen molar-refractivity contribution < 1.29 is 14.7 Å². The summed E-state index contributed by atoms with van der Waals surface area (Å²) in [6.07, 6.45) is 8.20. The lowest BCUT2D eigenvalue weighted by Gasteiger charge is -2.43. The van der Waals surface area contributed by atoms with Crippen molar-refractivity contribution in [1.82, 2.24) is 0 Å². The Kier molecular flexibility index (Phi) is 3.44. The lowest BCUT2D eigenvalue weighted by molar-refractivity contribution is -0.123. The van der Waals surface area contributed by atoms with Crippen LogP contribution in [0.4, 0.5) is 0 Å². The highest BCUT2D eigenvalue weighted by Crippen LogP contribution is 2.49. The number of carbonyl (C=O) groups is 2. The second-order valence-electron chi connectivity index (χ2n) is 6.19. The molecule has 0 unspecified atom stereocenters. The van der Waals surface area contributed by atoms with E-state index < -0.39 is 5.97 Å². The minimum atomic E-state index is -0.892. The Morgan fingerprint density at radius 1 is 1.43 bits per heavy atom. The normalized spacial score (nSPS) is 27.7. The number of hydrogen-bond donors (Lipinski definition) is 1. The minimum Gasteiger partial charge on any atom is -0.478 e. The Balaban J connectivity index is 2.14. The number of ketones is 1. The topological polar surface area (TPSA) is 54.4 Å². The third kappa shape index (κ3) is 2.21. The molecule has 1 saturated carbocycles. The Hall–Kier alpha value is -1.90. The minimum absolute atomic E-state index is 0.0176. The van der Waals surface area contributed by atoms with Crippen LogP contribution in [0.3, 0.4) is 0 Å². The standard InChI is InChI=1S/C18H20O3/c1-2-18-9-8-15(19)11-14(18)5-3-4-12-10-13(17(20)21)6-7-16(12)18/h3-4,6-7,10,14H,2,5,8-9,11H2,1H3,(H,20,21)/t14-,18+/m1/s1. The van der Waals surface area contributed by atoms with E-state index in [4.69, 9.17) is 0 Å². The van der Waals surface area contributed by atoms with Crippen molar-refractivity contribution in [2.75, 3.05) is 0 Å². The molecule has 3 nitrogen and oxygen atoms in total. The lowest BCUT2D eigenvalue weighted by atomic mass is 9.60. The Labute approximate surface area is 124 Å². The summed E-state index contributed by atoms with van der Waals surface area (Å²) in [5.41, 5.74) is 2.58. The van der Waals surface area contributed by atoms with Gasteiger partial charge in [0.25, 0.3) is 0 Å². The van der Waals surface area contributed by atoms with Crippen LogP contribution in [-0.4, -0.2) is 16.9 Å². The van der Waals surface area contributed by atoms with Crippen LogP contribution < -0.4 is 0 Å². The molecular weight excluding hydrogens is 264 g/mol. The second-order valence-corrected chi connectivity index (χ2v) is 6.19. The number of fused-ring (bicyclic) bond motifs is 3. The monoisotopic (exact) mass is 284 g/mol. The molecule has 0 spiro atoms. The molecular formula is C18H20O3. The van der Waals surface area contributed by atoms with Crippen LogP contribution in [0, 0.1) is 5.92 Å². The van der Waals surface area contributed by atoms with E-state index in [0.29, 0.717) is 30.1 Å². The van der Waals surface area contributed by atoms with Gasteiger partial charge in [-0.15, -0.1) is 0 Å². The molecule has 0 radical (unpaired) electrons. The van der Waals surface area contributed by atoms with Gasteiger partial charge in [0.2, 0.25) is 0 Å². The summed E-state index contributed by atoms with van der Waals surface area (Å²) in [5, 5.41) is 9.18. The van der Waals surface area contributed by atoms with Gasteiger partial charge in [0.1, 0.15) is 5.78 Å². The van der Waals surface area contributed by atoms with Crippen LogP contribution in [0.5, 0.6) is 0 Å². The van der Waals surface area contributed by atoms with Crippen LogP contribution in [0.15, 0.2) is 24.3 Å². The number of hydrogen-bond acceptors (Lipinski definition) is 2. The summed E-state index contributed by atoms with van der Waals surface area (Å²) >= 11 is 0. The molecule has 0 heterocycles. The molecule has 0 saturated heterocycles. The quantitative estimate of drug-likeness (QED) is 0.898. The average molecular weight is 284 g/mol. The number of carboxylic acids is 1. The largest absolute Gasteiger partial charge is 0.478 e. The van der Waals surface area contributed by atoms with E-state index >= 15 is 0 Å². The summed E-state index contributed by atoms with van der Waals surface area (Å²) < 4.78 is 0.